The molecule has 0 heterocycles. The lowest BCUT2D eigenvalue weighted by Gasteiger charge is -2.08. The lowest BCUT2D eigenvalue weighted by atomic mass is 10.1. The van der Waals surface area contributed by atoms with Gasteiger partial charge in [0, 0.05) is 18.7 Å². The van der Waals surface area contributed by atoms with Crippen LogP contribution in [0.3, 0.4) is 0 Å². The number of hydrogen-bond acceptors (Lipinski definition) is 3. The standard InChI is InChI=1S/C14H13F2NO2/c15-11-5-9(6-12(16)14(11)19)7-17-8-10-3-1-2-4-13(10)18/h1-6,17-19H,7-8H2. The fourth-order valence-electron chi connectivity index (χ4n) is 1.72. The quantitative estimate of drug-likeness (QED) is 0.796. The van der Waals surface area contributed by atoms with Gasteiger partial charge in [0.25, 0.3) is 0 Å². The summed E-state index contributed by atoms with van der Waals surface area (Å²) < 4.78 is 26.2. The Bertz CT molecular complexity index is 564. The predicted molar refractivity (Wildman–Crippen MR) is 66.7 cm³/mol. The highest BCUT2D eigenvalue weighted by atomic mass is 19.1. The number of para-hydroxylation sites is 1. The van der Waals surface area contributed by atoms with Crippen molar-refractivity contribution in [2.75, 3.05) is 0 Å². The zero-order valence-corrected chi connectivity index (χ0v) is 10.0. The minimum atomic E-state index is -0.987. The third-order valence-electron chi connectivity index (χ3n) is 2.71. The summed E-state index contributed by atoms with van der Waals surface area (Å²) in [7, 11) is 0. The second-order valence-corrected chi connectivity index (χ2v) is 4.14. The summed E-state index contributed by atoms with van der Waals surface area (Å²) in [4.78, 5) is 0. The van der Waals surface area contributed by atoms with Crippen molar-refractivity contribution in [2.45, 2.75) is 13.1 Å². The zero-order chi connectivity index (χ0) is 13.8. The maximum Gasteiger partial charge on any atom is 0.187 e. The first-order chi connectivity index (χ1) is 9.08. The summed E-state index contributed by atoms with van der Waals surface area (Å²) >= 11 is 0. The maximum absolute atomic E-state index is 13.1. The Labute approximate surface area is 109 Å². The van der Waals surface area contributed by atoms with Crippen molar-refractivity contribution in [3.63, 3.8) is 0 Å². The number of phenols is 2. The molecule has 0 saturated heterocycles. The van der Waals surface area contributed by atoms with Crippen LogP contribution in [0, 0.1) is 11.6 Å². The van der Waals surface area contributed by atoms with Crippen LogP contribution < -0.4 is 5.32 Å². The number of benzene rings is 2. The molecular weight excluding hydrogens is 252 g/mol. The topological polar surface area (TPSA) is 52.5 Å². The Morgan fingerprint density at radius 2 is 1.58 bits per heavy atom. The van der Waals surface area contributed by atoms with Gasteiger partial charge in [-0.15, -0.1) is 0 Å². The molecule has 5 heteroatoms. The van der Waals surface area contributed by atoms with Crippen LogP contribution in [0.4, 0.5) is 8.78 Å². The number of hydrogen-bond donors (Lipinski definition) is 3. The van der Waals surface area contributed by atoms with Crippen molar-refractivity contribution >= 4 is 0 Å². The van der Waals surface area contributed by atoms with Crippen molar-refractivity contribution in [1.29, 1.82) is 0 Å². The van der Waals surface area contributed by atoms with E-state index in [1.165, 1.54) is 0 Å². The molecule has 0 aromatic heterocycles. The summed E-state index contributed by atoms with van der Waals surface area (Å²) in [6, 6.07) is 8.95. The lowest BCUT2D eigenvalue weighted by molar-refractivity contribution is 0.395. The minimum Gasteiger partial charge on any atom is -0.508 e. The molecule has 0 spiro atoms. The van der Waals surface area contributed by atoms with Crippen molar-refractivity contribution in [1.82, 2.24) is 5.32 Å². The van der Waals surface area contributed by atoms with E-state index in [0.29, 0.717) is 17.7 Å². The minimum absolute atomic E-state index is 0.165. The van der Waals surface area contributed by atoms with Gasteiger partial charge in [0.05, 0.1) is 0 Å². The Balaban J connectivity index is 1.98. The molecule has 0 aliphatic carbocycles. The third kappa shape index (κ3) is 3.20. The molecule has 2 aromatic carbocycles. The van der Waals surface area contributed by atoms with Gasteiger partial charge < -0.3 is 15.5 Å². The van der Waals surface area contributed by atoms with Crippen LogP contribution >= 0.6 is 0 Å². The van der Waals surface area contributed by atoms with Gasteiger partial charge in [-0.1, -0.05) is 18.2 Å². The monoisotopic (exact) mass is 265 g/mol. The molecule has 0 unspecified atom stereocenters. The van der Waals surface area contributed by atoms with Crippen LogP contribution in [0.5, 0.6) is 11.5 Å². The van der Waals surface area contributed by atoms with E-state index in [0.717, 1.165) is 12.1 Å². The Hall–Kier alpha value is -2.14. The van der Waals surface area contributed by atoms with Gasteiger partial charge in [-0.3, -0.25) is 0 Å². The molecule has 100 valence electrons. The van der Waals surface area contributed by atoms with Crippen molar-refractivity contribution in [2.24, 2.45) is 0 Å². The van der Waals surface area contributed by atoms with E-state index in [1.807, 2.05) is 0 Å². The summed E-state index contributed by atoms with van der Waals surface area (Å²) in [5.41, 5.74) is 1.07. The van der Waals surface area contributed by atoms with E-state index in [2.05, 4.69) is 5.32 Å². The molecule has 0 radical (unpaired) electrons. The second-order valence-electron chi connectivity index (χ2n) is 4.14. The number of phenolic OH excluding ortho intramolecular Hbond substituents is 2. The van der Waals surface area contributed by atoms with Crippen molar-refractivity contribution in [3.8, 4) is 11.5 Å². The summed E-state index contributed by atoms with van der Waals surface area (Å²) in [6.45, 7) is 0.596. The molecule has 0 aliphatic heterocycles. The Kier molecular flexibility index (Phi) is 3.97. The van der Waals surface area contributed by atoms with Gasteiger partial charge in [0.2, 0.25) is 0 Å². The molecule has 2 aromatic rings. The highest BCUT2D eigenvalue weighted by Crippen LogP contribution is 2.21. The smallest absolute Gasteiger partial charge is 0.187 e. The normalized spacial score (nSPS) is 10.6. The van der Waals surface area contributed by atoms with Crippen LogP contribution in [0.1, 0.15) is 11.1 Å². The molecule has 19 heavy (non-hydrogen) atoms. The summed E-state index contributed by atoms with van der Waals surface area (Å²) in [5.74, 6) is -2.78. The van der Waals surface area contributed by atoms with E-state index in [4.69, 9.17) is 5.11 Å². The fraction of sp³-hybridized carbons (Fsp3) is 0.143. The molecule has 3 nitrogen and oxygen atoms in total. The van der Waals surface area contributed by atoms with Gasteiger partial charge in [-0.05, 0) is 23.8 Å². The van der Waals surface area contributed by atoms with Crippen LogP contribution in [0.15, 0.2) is 36.4 Å². The SMILES string of the molecule is Oc1ccccc1CNCc1cc(F)c(O)c(F)c1. The first-order valence-corrected chi connectivity index (χ1v) is 5.72. The average Bonchev–Trinajstić information content (AvgIpc) is 2.38. The molecule has 0 saturated carbocycles. The number of halogens is 2. The van der Waals surface area contributed by atoms with Gasteiger partial charge in [-0.25, -0.2) is 8.78 Å². The van der Waals surface area contributed by atoms with E-state index in [-0.39, 0.29) is 12.3 Å². The number of rotatable bonds is 4. The predicted octanol–water partition coefficient (Wildman–Crippen LogP) is 2.67. The molecule has 3 N–H and O–H groups in total. The molecule has 2 rings (SSSR count). The van der Waals surface area contributed by atoms with Gasteiger partial charge in [0.15, 0.2) is 17.4 Å². The fourth-order valence-corrected chi connectivity index (χ4v) is 1.72. The molecule has 0 amide bonds. The average molecular weight is 265 g/mol. The van der Waals surface area contributed by atoms with E-state index in [9.17, 15) is 13.9 Å². The first-order valence-electron chi connectivity index (χ1n) is 5.72. The molecule has 0 atom stereocenters. The van der Waals surface area contributed by atoms with E-state index in [1.54, 1.807) is 24.3 Å². The third-order valence-corrected chi connectivity index (χ3v) is 2.71. The highest BCUT2D eigenvalue weighted by molar-refractivity contribution is 5.32. The summed E-state index contributed by atoms with van der Waals surface area (Å²) in [6.07, 6.45) is 0. The molecule has 0 aliphatic rings. The van der Waals surface area contributed by atoms with Crippen molar-refractivity contribution < 1.29 is 19.0 Å². The van der Waals surface area contributed by atoms with Crippen LogP contribution in [0.25, 0.3) is 0 Å². The van der Waals surface area contributed by atoms with E-state index < -0.39 is 17.4 Å². The number of nitrogens with one attached hydrogen (secondary N) is 1. The Morgan fingerprint density at radius 1 is 0.947 bits per heavy atom. The molecular formula is C14H13F2NO2. The van der Waals surface area contributed by atoms with Gasteiger partial charge in [-0.2, -0.15) is 0 Å². The number of aromatic hydroxyl groups is 2. The van der Waals surface area contributed by atoms with Gasteiger partial charge >= 0.3 is 0 Å². The van der Waals surface area contributed by atoms with Crippen LogP contribution in [0.2, 0.25) is 0 Å². The lowest BCUT2D eigenvalue weighted by Crippen LogP contribution is -2.13. The largest absolute Gasteiger partial charge is 0.508 e. The Morgan fingerprint density at radius 3 is 2.21 bits per heavy atom. The van der Waals surface area contributed by atoms with Crippen LogP contribution in [-0.2, 0) is 13.1 Å². The van der Waals surface area contributed by atoms with Crippen LogP contribution in [-0.4, -0.2) is 10.2 Å². The molecule has 0 bridgehead atoms. The van der Waals surface area contributed by atoms with E-state index >= 15 is 0 Å². The summed E-state index contributed by atoms with van der Waals surface area (Å²) in [5, 5.41) is 21.5. The van der Waals surface area contributed by atoms with Gasteiger partial charge in [0.1, 0.15) is 5.75 Å². The molecule has 0 fully saturated rings. The second kappa shape index (κ2) is 5.67. The highest BCUT2D eigenvalue weighted by Gasteiger charge is 2.09. The zero-order valence-electron chi connectivity index (χ0n) is 10.0. The van der Waals surface area contributed by atoms with Crippen molar-refractivity contribution in [3.05, 3.63) is 59.2 Å². The first kappa shape index (κ1) is 13.3. The maximum atomic E-state index is 13.1.